The SMILES string of the molecule is CC(=N)/C=C(\S)Nc1cc(N[C@H](Cc2cccnc2)C(N)=O)c(F)cc1C(N)=O. The first kappa shape index (κ1) is 21.9. The Morgan fingerprint density at radius 3 is 2.62 bits per heavy atom. The number of thiol groups is 1. The molecule has 2 rings (SSSR count). The number of hydrogen-bond donors (Lipinski definition) is 6. The number of hydrogen-bond acceptors (Lipinski definition) is 7. The molecule has 0 saturated heterocycles. The van der Waals surface area contributed by atoms with Crippen LogP contribution in [0.15, 0.2) is 47.8 Å². The molecule has 1 atom stereocenters. The van der Waals surface area contributed by atoms with Crippen LogP contribution < -0.4 is 22.1 Å². The first-order valence-electron chi connectivity index (χ1n) is 8.48. The minimum atomic E-state index is -0.921. The van der Waals surface area contributed by atoms with Crippen molar-refractivity contribution in [3.05, 3.63) is 64.7 Å². The molecule has 8 nitrogen and oxygen atoms in total. The van der Waals surface area contributed by atoms with Gasteiger partial charge in [-0.2, -0.15) is 0 Å². The molecule has 2 amide bonds. The van der Waals surface area contributed by atoms with Crippen molar-refractivity contribution >= 4 is 41.5 Å². The van der Waals surface area contributed by atoms with E-state index in [1.54, 1.807) is 31.5 Å². The van der Waals surface area contributed by atoms with Gasteiger partial charge in [0.15, 0.2) is 0 Å². The molecule has 1 aromatic carbocycles. The Kier molecular flexibility index (Phi) is 7.32. The van der Waals surface area contributed by atoms with Gasteiger partial charge >= 0.3 is 0 Å². The van der Waals surface area contributed by atoms with Crippen molar-refractivity contribution in [2.45, 2.75) is 19.4 Å². The van der Waals surface area contributed by atoms with Gasteiger partial charge in [0.2, 0.25) is 5.91 Å². The molecule has 0 aliphatic heterocycles. The second-order valence-corrected chi connectivity index (χ2v) is 6.73. The lowest BCUT2D eigenvalue weighted by atomic mass is 10.1. The number of carbonyl (C=O) groups excluding carboxylic acids is 2. The summed E-state index contributed by atoms with van der Waals surface area (Å²) in [5, 5.41) is 13.3. The molecule has 0 radical (unpaired) electrons. The van der Waals surface area contributed by atoms with E-state index in [0.29, 0.717) is 0 Å². The molecule has 0 aliphatic carbocycles. The molecule has 0 spiro atoms. The first-order valence-corrected chi connectivity index (χ1v) is 8.93. The van der Waals surface area contributed by atoms with E-state index in [1.165, 1.54) is 12.1 Å². The fraction of sp³-hybridized carbons (Fsp3) is 0.158. The fourth-order valence-electron chi connectivity index (χ4n) is 2.54. The number of rotatable bonds is 9. The van der Waals surface area contributed by atoms with Gasteiger partial charge in [-0.15, -0.1) is 12.6 Å². The van der Waals surface area contributed by atoms with E-state index in [4.69, 9.17) is 16.9 Å². The maximum atomic E-state index is 14.6. The van der Waals surface area contributed by atoms with Crippen LogP contribution in [0.3, 0.4) is 0 Å². The summed E-state index contributed by atoms with van der Waals surface area (Å²) in [6.45, 7) is 1.54. The van der Waals surface area contributed by atoms with Crippen LogP contribution in [-0.2, 0) is 11.2 Å². The third-order valence-electron chi connectivity index (χ3n) is 3.82. The van der Waals surface area contributed by atoms with E-state index in [0.717, 1.165) is 11.6 Å². The van der Waals surface area contributed by atoms with Crippen molar-refractivity contribution in [3.63, 3.8) is 0 Å². The Labute approximate surface area is 172 Å². The maximum absolute atomic E-state index is 14.6. The normalized spacial score (nSPS) is 12.2. The number of carbonyl (C=O) groups is 2. The number of allylic oxidation sites excluding steroid dienone is 1. The van der Waals surface area contributed by atoms with Crippen LogP contribution in [0, 0.1) is 11.2 Å². The fourth-order valence-corrected chi connectivity index (χ4v) is 2.85. The minimum Gasteiger partial charge on any atom is -0.371 e. The highest BCUT2D eigenvalue weighted by molar-refractivity contribution is 7.84. The van der Waals surface area contributed by atoms with E-state index >= 15 is 0 Å². The predicted molar refractivity (Wildman–Crippen MR) is 114 cm³/mol. The quantitative estimate of drug-likeness (QED) is 0.273. The van der Waals surface area contributed by atoms with Gasteiger partial charge in [0.05, 0.1) is 22.0 Å². The molecule has 1 aromatic heterocycles. The molecule has 10 heteroatoms. The number of nitrogens with zero attached hydrogens (tertiary/aromatic N) is 1. The zero-order valence-electron chi connectivity index (χ0n) is 15.6. The van der Waals surface area contributed by atoms with E-state index in [9.17, 15) is 14.0 Å². The standard InChI is InChI=1S/C19H21FN6O2S/c1-10(21)5-17(29)26-14-8-15(13(20)7-12(14)18(22)27)25-16(19(23)28)6-11-3-2-4-24-9-11/h2-5,7-9,16,21,25-26,29H,6H2,1H3,(H2,22,27)(H2,23,28)/b17-5-,21-10?/t16-/m1/s1. The van der Waals surface area contributed by atoms with Gasteiger partial charge in [-0.05, 0) is 36.8 Å². The summed E-state index contributed by atoms with van der Waals surface area (Å²) in [5.41, 5.74) is 11.7. The highest BCUT2D eigenvalue weighted by Gasteiger charge is 2.20. The Bertz CT molecular complexity index is 965. The molecule has 0 unspecified atom stereocenters. The van der Waals surface area contributed by atoms with Crippen LogP contribution in [0.1, 0.15) is 22.8 Å². The summed E-state index contributed by atoms with van der Waals surface area (Å²) >= 11 is 4.19. The zero-order valence-corrected chi connectivity index (χ0v) is 16.5. The molecule has 2 aromatic rings. The second kappa shape index (κ2) is 9.69. The Balaban J connectivity index is 2.37. The number of pyridine rings is 1. The number of aromatic nitrogens is 1. The van der Waals surface area contributed by atoms with Gasteiger partial charge in [-0.25, -0.2) is 4.39 Å². The zero-order chi connectivity index (χ0) is 21.6. The van der Waals surface area contributed by atoms with Crippen LogP contribution in [-0.4, -0.2) is 28.6 Å². The minimum absolute atomic E-state index is 0.0575. The van der Waals surface area contributed by atoms with Gasteiger partial charge in [0.1, 0.15) is 11.9 Å². The molecule has 152 valence electrons. The molecule has 0 saturated carbocycles. The predicted octanol–water partition coefficient (Wildman–Crippen LogP) is 2.05. The van der Waals surface area contributed by atoms with Gasteiger partial charge < -0.3 is 27.5 Å². The Morgan fingerprint density at radius 1 is 1.34 bits per heavy atom. The summed E-state index contributed by atoms with van der Waals surface area (Å²) in [6.07, 6.45) is 4.76. The van der Waals surface area contributed by atoms with Gasteiger partial charge in [0, 0.05) is 24.5 Å². The largest absolute Gasteiger partial charge is 0.371 e. The number of amides is 2. The summed E-state index contributed by atoms with van der Waals surface area (Å²) in [7, 11) is 0. The highest BCUT2D eigenvalue weighted by Crippen LogP contribution is 2.27. The van der Waals surface area contributed by atoms with Crippen LogP contribution in [0.5, 0.6) is 0 Å². The lowest BCUT2D eigenvalue weighted by Crippen LogP contribution is -2.37. The van der Waals surface area contributed by atoms with Crippen LogP contribution in [0.25, 0.3) is 0 Å². The number of anilines is 2. The molecule has 0 bridgehead atoms. The van der Waals surface area contributed by atoms with Gasteiger partial charge in [-0.1, -0.05) is 6.07 Å². The van der Waals surface area contributed by atoms with Crippen molar-refractivity contribution in [3.8, 4) is 0 Å². The number of halogens is 1. The van der Waals surface area contributed by atoms with Crippen molar-refractivity contribution < 1.29 is 14.0 Å². The van der Waals surface area contributed by atoms with Crippen LogP contribution in [0.2, 0.25) is 0 Å². The summed E-state index contributed by atoms with van der Waals surface area (Å²) in [5.74, 6) is -2.32. The topological polar surface area (TPSA) is 147 Å². The van der Waals surface area contributed by atoms with E-state index in [2.05, 4.69) is 28.2 Å². The summed E-state index contributed by atoms with van der Waals surface area (Å²) in [6, 6.07) is 4.80. The van der Waals surface area contributed by atoms with Crippen LogP contribution in [0.4, 0.5) is 15.8 Å². The second-order valence-electron chi connectivity index (χ2n) is 6.24. The maximum Gasteiger partial charge on any atom is 0.250 e. The lowest BCUT2D eigenvalue weighted by Gasteiger charge is -2.19. The van der Waals surface area contributed by atoms with Crippen molar-refractivity contribution in [1.29, 1.82) is 5.41 Å². The third-order valence-corrected chi connectivity index (χ3v) is 4.07. The van der Waals surface area contributed by atoms with Crippen molar-refractivity contribution in [1.82, 2.24) is 4.98 Å². The van der Waals surface area contributed by atoms with E-state index < -0.39 is 23.7 Å². The lowest BCUT2D eigenvalue weighted by molar-refractivity contribution is -0.118. The number of benzene rings is 1. The smallest absolute Gasteiger partial charge is 0.250 e. The number of nitrogens with one attached hydrogen (secondary N) is 3. The van der Waals surface area contributed by atoms with Crippen molar-refractivity contribution in [2.75, 3.05) is 10.6 Å². The van der Waals surface area contributed by atoms with Crippen LogP contribution >= 0.6 is 12.6 Å². The Hall–Kier alpha value is -3.40. The van der Waals surface area contributed by atoms with Gasteiger partial charge in [-0.3, -0.25) is 14.6 Å². The highest BCUT2D eigenvalue weighted by atomic mass is 32.1. The van der Waals surface area contributed by atoms with E-state index in [-0.39, 0.29) is 34.1 Å². The summed E-state index contributed by atoms with van der Waals surface area (Å²) in [4.78, 5) is 27.5. The molecule has 0 aliphatic rings. The first-order chi connectivity index (χ1) is 13.7. The van der Waals surface area contributed by atoms with Crippen molar-refractivity contribution in [2.24, 2.45) is 11.5 Å². The molecular weight excluding hydrogens is 395 g/mol. The number of primary amides is 2. The molecule has 1 heterocycles. The number of nitrogens with two attached hydrogens (primary N) is 2. The van der Waals surface area contributed by atoms with Gasteiger partial charge in [0.25, 0.3) is 5.91 Å². The molecular formula is C19H21FN6O2S. The molecule has 0 fully saturated rings. The molecule has 29 heavy (non-hydrogen) atoms. The monoisotopic (exact) mass is 416 g/mol. The van der Waals surface area contributed by atoms with E-state index in [1.807, 2.05) is 0 Å². The summed E-state index contributed by atoms with van der Waals surface area (Å²) < 4.78 is 14.6. The average Bonchev–Trinajstić information content (AvgIpc) is 2.63. The Morgan fingerprint density at radius 2 is 2.07 bits per heavy atom. The average molecular weight is 416 g/mol. The molecule has 7 N–H and O–H groups in total. The third kappa shape index (κ3) is 6.32.